The summed E-state index contributed by atoms with van der Waals surface area (Å²) in [7, 11) is 1.82. The zero-order valence-electron chi connectivity index (χ0n) is 12.5. The highest BCUT2D eigenvalue weighted by Crippen LogP contribution is 2.32. The van der Waals surface area contributed by atoms with E-state index in [-0.39, 0.29) is 6.61 Å². The van der Waals surface area contributed by atoms with E-state index in [0.717, 1.165) is 26.6 Å². The molecule has 2 aromatic heterocycles. The van der Waals surface area contributed by atoms with Gasteiger partial charge in [-0.15, -0.1) is 11.3 Å². The number of hydrogen-bond donors (Lipinski definition) is 2. The number of aromatic nitrogens is 2. The van der Waals surface area contributed by atoms with E-state index in [1.54, 1.807) is 12.3 Å². The maximum Gasteiger partial charge on any atom is 0.126 e. The number of hydrogen-bond acceptors (Lipinski definition) is 6. The van der Waals surface area contributed by atoms with Crippen molar-refractivity contribution in [3.63, 3.8) is 0 Å². The normalized spacial score (nSPS) is 12.3. The second-order valence-corrected chi connectivity index (χ2v) is 5.98. The average molecular weight is 333 g/mol. The van der Waals surface area contributed by atoms with Crippen molar-refractivity contribution in [1.29, 1.82) is 0 Å². The van der Waals surface area contributed by atoms with Crippen molar-refractivity contribution in [2.24, 2.45) is 0 Å². The molecule has 5 nitrogen and oxygen atoms in total. The monoisotopic (exact) mass is 333 g/mol. The topological polar surface area (TPSA) is 67.3 Å². The lowest BCUT2D eigenvalue weighted by Crippen LogP contribution is -2.19. The zero-order chi connectivity index (χ0) is 16.2. The van der Waals surface area contributed by atoms with E-state index in [2.05, 4.69) is 15.3 Å². The van der Waals surface area contributed by atoms with Crippen LogP contribution in [0.25, 0.3) is 20.8 Å². The van der Waals surface area contributed by atoms with Crippen molar-refractivity contribution in [2.75, 3.05) is 25.6 Å². The van der Waals surface area contributed by atoms with E-state index in [9.17, 15) is 9.50 Å². The highest BCUT2D eigenvalue weighted by molar-refractivity contribution is 7.21. The molecule has 1 aromatic carbocycles. The Morgan fingerprint density at radius 1 is 1.35 bits per heavy atom. The second kappa shape index (κ2) is 6.89. The largest absolute Gasteiger partial charge is 0.491 e. The van der Waals surface area contributed by atoms with E-state index in [1.165, 1.54) is 11.3 Å². The van der Waals surface area contributed by atoms with Gasteiger partial charge in [0.25, 0.3) is 0 Å². The first-order valence-electron chi connectivity index (χ1n) is 7.11. The summed E-state index contributed by atoms with van der Waals surface area (Å²) in [5.41, 5.74) is 1.81. The molecule has 2 N–H and O–H groups in total. The number of nitrogens with zero attached hydrogens (tertiary/aromatic N) is 2. The minimum absolute atomic E-state index is 0.0664. The van der Waals surface area contributed by atoms with Crippen LogP contribution in [0.2, 0.25) is 0 Å². The Labute approximate surface area is 136 Å². The number of benzene rings is 1. The Kier molecular flexibility index (Phi) is 4.68. The van der Waals surface area contributed by atoms with Crippen LogP contribution in [0, 0.1) is 0 Å². The van der Waals surface area contributed by atoms with Crippen molar-refractivity contribution in [3.05, 3.63) is 36.5 Å². The molecule has 120 valence electrons. The Balaban J connectivity index is 1.83. The molecule has 3 rings (SSSR count). The Morgan fingerprint density at radius 3 is 2.91 bits per heavy atom. The standard InChI is InChI=1S/C16H16FN3O2S/c1-18-15-5-2-10(8-19-15)16-20-13-4-3-12(6-14(13)23-16)22-9-11(21)7-17/h2-6,8,11,21H,7,9H2,1H3,(H,18,19)/i17+0. The number of fused-ring (bicyclic) bond motifs is 1. The lowest BCUT2D eigenvalue weighted by atomic mass is 10.3. The van der Waals surface area contributed by atoms with E-state index in [4.69, 9.17) is 4.74 Å². The third-order valence-electron chi connectivity index (χ3n) is 3.25. The van der Waals surface area contributed by atoms with Gasteiger partial charge in [-0.1, -0.05) is 0 Å². The summed E-state index contributed by atoms with van der Waals surface area (Å²) in [5.74, 6) is 1.39. The molecule has 23 heavy (non-hydrogen) atoms. The summed E-state index contributed by atoms with van der Waals surface area (Å²) in [6.45, 7) is -0.883. The van der Waals surface area contributed by atoms with Gasteiger partial charge >= 0.3 is 0 Å². The molecule has 0 aliphatic heterocycles. The number of thiazole rings is 1. The molecule has 0 radical (unpaired) electrons. The number of aliphatic hydroxyl groups is 1. The molecule has 0 spiro atoms. The number of pyridine rings is 1. The molecule has 1 atom stereocenters. The van der Waals surface area contributed by atoms with E-state index in [0.29, 0.717) is 5.75 Å². The smallest absolute Gasteiger partial charge is 0.126 e. The number of ether oxygens (including phenoxy) is 1. The van der Waals surface area contributed by atoms with Gasteiger partial charge in [-0.3, -0.25) is 0 Å². The van der Waals surface area contributed by atoms with Crippen molar-refractivity contribution in [1.82, 2.24) is 9.97 Å². The van der Waals surface area contributed by atoms with Crippen molar-refractivity contribution in [2.45, 2.75) is 6.10 Å². The Morgan fingerprint density at radius 2 is 2.22 bits per heavy atom. The number of halogens is 1. The second-order valence-electron chi connectivity index (χ2n) is 4.95. The number of alkyl halides is 1. The number of rotatable bonds is 6. The van der Waals surface area contributed by atoms with Crippen molar-refractivity contribution in [3.8, 4) is 16.3 Å². The molecule has 0 aliphatic rings. The molecule has 7 heteroatoms. The molecular weight excluding hydrogens is 317 g/mol. The van der Waals surface area contributed by atoms with Crippen molar-refractivity contribution >= 4 is 27.4 Å². The van der Waals surface area contributed by atoms with Gasteiger partial charge in [-0.05, 0) is 30.3 Å². The fraction of sp³-hybridized carbons (Fsp3) is 0.250. The Bertz CT molecular complexity index is 792. The predicted molar refractivity (Wildman–Crippen MR) is 89.9 cm³/mol. The van der Waals surface area contributed by atoms with Crippen molar-refractivity contribution < 1.29 is 14.2 Å². The fourth-order valence-electron chi connectivity index (χ4n) is 2.02. The Hall–Kier alpha value is -2.25. The fourth-order valence-corrected chi connectivity index (χ4v) is 3.01. The summed E-state index contributed by atoms with van der Waals surface area (Å²) >= 11 is 1.53. The van der Waals surface area contributed by atoms with E-state index < -0.39 is 12.8 Å². The minimum atomic E-state index is -1.10. The van der Waals surface area contributed by atoms with Gasteiger partial charge in [-0.25, -0.2) is 14.4 Å². The first-order valence-corrected chi connectivity index (χ1v) is 7.93. The molecular formula is C16H16FN3O2S. The molecule has 0 saturated heterocycles. The molecule has 0 bridgehead atoms. The van der Waals surface area contributed by atoms with Crippen LogP contribution < -0.4 is 10.1 Å². The van der Waals surface area contributed by atoms with Gasteiger partial charge in [0.1, 0.15) is 36.0 Å². The molecule has 0 saturated carbocycles. The molecule has 0 aliphatic carbocycles. The highest BCUT2D eigenvalue weighted by Gasteiger charge is 2.09. The summed E-state index contributed by atoms with van der Waals surface area (Å²) in [6, 6.07) is 9.32. The quantitative estimate of drug-likeness (QED) is 0.725. The summed E-state index contributed by atoms with van der Waals surface area (Å²) < 4.78 is 18.6. The lowest BCUT2D eigenvalue weighted by Gasteiger charge is -2.08. The molecule has 3 aromatic rings. The van der Waals surface area contributed by atoms with Gasteiger partial charge in [-0.2, -0.15) is 0 Å². The zero-order valence-corrected chi connectivity index (χ0v) is 13.3. The van der Waals surface area contributed by atoms with Gasteiger partial charge in [0, 0.05) is 18.8 Å². The molecule has 2 heterocycles. The first kappa shape index (κ1) is 15.6. The van der Waals surface area contributed by atoms with Crippen LogP contribution in [0.4, 0.5) is 10.2 Å². The summed E-state index contributed by atoms with van der Waals surface area (Å²) in [4.78, 5) is 8.87. The number of anilines is 1. The third-order valence-corrected chi connectivity index (χ3v) is 4.31. The van der Waals surface area contributed by atoms with Gasteiger partial charge in [0.05, 0.1) is 10.2 Å². The molecule has 1 unspecified atom stereocenters. The first-order chi connectivity index (χ1) is 11.2. The maximum absolute atomic E-state index is 12.2. The van der Waals surface area contributed by atoms with Gasteiger partial charge < -0.3 is 15.2 Å². The maximum atomic E-state index is 12.2. The van der Waals surface area contributed by atoms with Crippen LogP contribution in [0.1, 0.15) is 0 Å². The SMILES string of the molecule is CNc1ccc(-c2nc3ccc(OCC(O)C[19F])cc3s2)cn1. The van der Waals surface area contributed by atoms with Crippen LogP contribution in [0.15, 0.2) is 36.5 Å². The highest BCUT2D eigenvalue weighted by atomic mass is 32.1. The van der Waals surface area contributed by atoms with Crippen LogP contribution in [0.3, 0.4) is 0 Å². The summed E-state index contributed by atoms with van der Waals surface area (Å²) in [5, 5.41) is 13.1. The third kappa shape index (κ3) is 3.57. The molecule has 0 amide bonds. The number of aliphatic hydroxyl groups excluding tert-OH is 1. The predicted octanol–water partition coefficient (Wildman–Crippen LogP) is 3.11. The van der Waals surface area contributed by atoms with Crippen LogP contribution in [0.5, 0.6) is 5.75 Å². The lowest BCUT2D eigenvalue weighted by molar-refractivity contribution is 0.0842. The summed E-state index contributed by atoms with van der Waals surface area (Å²) in [6.07, 6.45) is 0.679. The average Bonchev–Trinajstić information content (AvgIpc) is 3.03. The van der Waals surface area contributed by atoms with Crippen LogP contribution in [-0.2, 0) is 0 Å². The van der Waals surface area contributed by atoms with Crippen LogP contribution in [-0.4, -0.2) is 41.5 Å². The van der Waals surface area contributed by atoms with E-state index in [1.807, 2.05) is 31.3 Å². The van der Waals surface area contributed by atoms with Crippen LogP contribution >= 0.6 is 11.3 Å². The van der Waals surface area contributed by atoms with E-state index >= 15 is 0 Å². The number of nitrogens with one attached hydrogen (secondary N) is 1. The minimum Gasteiger partial charge on any atom is -0.491 e. The van der Waals surface area contributed by atoms with Gasteiger partial charge in [0.15, 0.2) is 0 Å². The van der Waals surface area contributed by atoms with Gasteiger partial charge in [0.2, 0.25) is 0 Å². The molecule has 0 fully saturated rings.